The van der Waals surface area contributed by atoms with Crippen molar-refractivity contribution in [2.45, 2.75) is 26.3 Å². The monoisotopic (exact) mass is 268 g/mol. The number of rotatable bonds is 2. The van der Waals surface area contributed by atoms with Gasteiger partial charge in [0.15, 0.2) is 0 Å². The maximum Gasteiger partial charge on any atom is 0.240 e. The van der Waals surface area contributed by atoms with Gasteiger partial charge in [-0.3, -0.25) is 4.79 Å². The maximum atomic E-state index is 11.8. The Hall–Kier alpha value is -2.36. The van der Waals surface area contributed by atoms with Crippen LogP contribution in [0.5, 0.6) is 0 Å². The van der Waals surface area contributed by atoms with Crippen LogP contribution in [0.1, 0.15) is 36.3 Å². The van der Waals surface area contributed by atoms with E-state index in [4.69, 9.17) is 4.42 Å². The molecular formula is C16H16N2O2. The van der Waals surface area contributed by atoms with E-state index in [2.05, 4.69) is 17.2 Å². The number of nitrogens with zero attached hydrogens (tertiary/aromatic N) is 2. The van der Waals surface area contributed by atoms with E-state index in [0.717, 1.165) is 17.0 Å². The number of furan rings is 1. The largest absolute Gasteiger partial charge is 0.467 e. The van der Waals surface area contributed by atoms with E-state index in [9.17, 15) is 4.79 Å². The third kappa shape index (κ3) is 2.25. The van der Waals surface area contributed by atoms with Crippen LogP contribution in [0, 0.1) is 6.92 Å². The average molecular weight is 268 g/mol. The van der Waals surface area contributed by atoms with Crippen molar-refractivity contribution in [1.82, 2.24) is 5.01 Å². The molecule has 0 N–H and O–H groups in total. The van der Waals surface area contributed by atoms with Crippen molar-refractivity contribution in [3.05, 3.63) is 59.5 Å². The van der Waals surface area contributed by atoms with Gasteiger partial charge >= 0.3 is 0 Å². The third-order valence-corrected chi connectivity index (χ3v) is 3.49. The second kappa shape index (κ2) is 4.96. The molecule has 0 spiro atoms. The van der Waals surface area contributed by atoms with Gasteiger partial charge in [0.25, 0.3) is 0 Å². The number of benzene rings is 1. The lowest BCUT2D eigenvalue weighted by Crippen LogP contribution is -2.23. The van der Waals surface area contributed by atoms with Crippen LogP contribution in [-0.2, 0) is 4.79 Å². The average Bonchev–Trinajstić information content (AvgIpc) is 3.08. The minimum Gasteiger partial charge on any atom is -0.467 e. The van der Waals surface area contributed by atoms with Crippen molar-refractivity contribution < 1.29 is 9.21 Å². The fourth-order valence-electron chi connectivity index (χ4n) is 2.42. The first-order valence-electron chi connectivity index (χ1n) is 6.63. The molecule has 0 saturated carbocycles. The minimum atomic E-state index is -0.140. The molecule has 1 aliphatic heterocycles. The first kappa shape index (κ1) is 12.7. The van der Waals surface area contributed by atoms with Crippen molar-refractivity contribution in [2.75, 3.05) is 0 Å². The van der Waals surface area contributed by atoms with Crippen LogP contribution in [0.3, 0.4) is 0 Å². The van der Waals surface area contributed by atoms with Crippen LogP contribution in [0.2, 0.25) is 0 Å². The smallest absolute Gasteiger partial charge is 0.240 e. The molecule has 20 heavy (non-hydrogen) atoms. The fourth-order valence-corrected chi connectivity index (χ4v) is 2.42. The zero-order valence-corrected chi connectivity index (χ0v) is 11.5. The van der Waals surface area contributed by atoms with Gasteiger partial charge < -0.3 is 4.42 Å². The van der Waals surface area contributed by atoms with E-state index < -0.39 is 0 Å². The lowest BCUT2D eigenvalue weighted by molar-refractivity contribution is -0.130. The van der Waals surface area contributed by atoms with E-state index in [1.165, 1.54) is 17.5 Å². The molecule has 2 heterocycles. The van der Waals surface area contributed by atoms with Crippen molar-refractivity contribution in [3.8, 4) is 0 Å². The second-order valence-corrected chi connectivity index (χ2v) is 5.01. The molecule has 1 aromatic heterocycles. The molecule has 4 nitrogen and oxygen atoms in total. The Balaban J connectivity index is 1.92. The molecular weight excluding hydrogens is 252 g/mol. The van der Waals surface area contributed by atoms with Crippen LogP contribution < -0.4 is 0 Å². The standard InChI is InChI=1S/C16H16N2O2/c1-11-5-7-13(8-6-11)14-10-15(16-4-3-9-20-16)18(17-14)12(2)19/h3-9,15H,10H2,1-2H3/t15-/m0/s1. The minimum absolute atomic E-state index is 0.0755. The van der Waals surface area contributed by atoms with Crippen LogP contribution >= 0.6 is 0 Å². The topological polar surface area (TPSA) is 45.8 Å². The highest BCUT2D eigenvalue weighted by Crippen LogP contribution is 2.32. The summed E-state index contributed by atoms with van der Waals surface area (Å²) in [6.45, 7) is 3.57. The number of hydrazone groups is 1. The van der Waals surface area contributed by atoms with Crippen molar-refractivity contribution in [2.24, 2.45) is 5.10 Å². The van der Waals surface area contributed by atoms with Gasteiger partial charge in [0.1, 0.15) is 11.8 Å². The first-order chi connectivity index (χ1) is 9.65. The van der Waals surface area contributed by atoms with Crippen LogP contribution in [0.4, 0.5) is 0 Å². The molecule has 3 rings (SSSR count). The normalized spacial score (nSPS) is 18.2. The SMILES string of the molecule is CC(=O)N1N=C(c2ccc(C)cc2)C[C@H]1c1ccco1. The molecule has 4 heteroatoms. The van der Waals surface area contributed by atoms with Crippen molar-refractivity contribution >= 4 is 11.6 Å². The van der Waals surface area contributed by atoms with Gasteiger partial charge in [0.05, 0.1) is 12.0 Å². The Labute approximate surface area is 117 Å². The van der Waals surface area contributed by atoms with Crippen molar-refractivity contribution in [1.29, 1.82) is 0 Å². The summed E-state index contributed by atoms with van der Waals surface area (Å²) >= 11 is 0. The summed E-state index contributed by atoms with van der Waals surface area (Å²) in [4.78, 5) is 11.8. The Kier molecular flexibility index (Phi) is 3.14. The highest BCUT2D eigenvalue weighted by Gasteiger charge is 2.32. The van der Waals surface area contributed by atoms with Gasteiger partial charge in [-0.2, -0.15) is 5.10 Å². The maximum absolute atomic E-state index is 11.8. The highest BCUT2D eigenvalue weighted by molar-refractivity contribution is 6.03. The van der Waals surface area contributed by atoms with Gasteiger partial charge in [-0.05, 0) is 24.6 Å². The van der Waals surface area contributed by atoms with E-state index in [1.54, 1.807) is 6.26 Å². The molecule has 1 aromatic carbocycles. The second-order valence-electron chi connectivity index (χ2n) is 5.01. The zero-order valence-electron chi connectivity index (χ0n) is 11.5. The van der Waals surface area contributed by atoms with Gasteiger partial charge in [0, 0.05) is 13.3 Å². The molecule has 2 aromatic rings. The van der Waals surface area contributed by atoms with Gasteiger partial charge in [-0.25, -0.2) is 5.01 Å². The molecule has 1 amide bonds. The Morgan fingerprint density at radius 2 is 2.05 bits per heavy atom. The first-order valence-corrected chi connectivity index (χ1v) is 6.63. The van der Waals surface area contributed by atoms with Crippen LogP contribution in [0.15, 0.2) is 52.2 Å². The van der Waals surface area contributed by atoms with E-state index in [0.29, 0.717) is 6.42 Å². The summed E-state index contributed by atoms with van der Waals surface area (Å²) in [5.41, 5.74) is 3.18. The fraction of sp³-hybridized carbons (Fsp3) is 0.250. The Morgan fingerprint density at radius 1 is 1.30 bits per heavy atom. The molecule has 0 bridgehead atoms. The molecule has 0 unspecified atom stereocenters. The summed E-state index contributed by atoms with van der Waals surface area (Å²) in [6.07, 6.45) is 2.30. The molecule has 102 valence electrons. The van der Waals surface area contributed by atoms with Gasteiger partial charge in [-0.15, -0.1) is 0 Å². The lowest BCUT2D eigenvalue weighted by Gasteiger charge is -2.17. The molecule has 1 atom stereocenters. The van der Waals surface area contributed by atoms with E-state index in [1.807, 2.05) is 31.2 Å². The number of amides is 1. The molecule has 1 aliphatic rings. The number of carbonyl (C=O) groups excluding carboxylic acids is 1. The number of hydrogen-bond donors (Lipinski definition) is 0. The predicted molar refractivity (Wildman–Crippen MR) is 76.3 cm³/mol. The molecule has 0 aliphatic carbocycles. The van der Waals surface area contributed by atoms with E-state index >= 15 is 0 Å². The van der Waals surface area contributed by atoms with E-state index in [-0.39, 0.29) is 11.9 Å². The summed E-state index contributed by atoms with van der Waals surface area (Å²) < 4.78 is 5.43. The highest BCUT2D eigenvalue weighted by atomic mass is 16.3. The summed E-state index contributed by atoms with van der Waals surface area (Å²) in [5, 5.41) is 5.97. The summed E-state index contributed by atoms with van der Waals surface area (Å²) in [6, 6.07) is 11.8. The van der Waals surface area contributed by atoms with Gasteiger partial charge in [-0.1, -0.05) is 29.8 Å². The molecule has 0 saturated heterocycles. The Morgan fingerprint density at radius 3 is 2.65 bits per heavy atom. The van der Waals surface area contributed by atoms with Crippen LogP contribution in [0.25, 0.3) is 0 Å². The molecule has 0 radical (unpaired) electrons. The summed E-state index contributed by atoms with van der Waals surface area (Å²) in [7, 11) is 0. The van der Waals surface area contributed by atoms with Crippen molar-refractivity contribution in [3.63, 3.8) is 0 Å². The lowest BCUT2D eigenvalue weighted by atomic mass is 10.0. The third-order valence-electron chi connectivity index (χ3n) is 3.49. The number of hydrogen-bond acceptors (Lipinski definition) is 3. The quantitative estimate of drug-likeness (QED) is 0.839. The predicted octanol–water partition coefficient (Wildman–Crippen LogP) is 3.29. The Bertz CT molecular complexity index is 642. The van der Waals surface area contributed by atoms with Gasteiger partial charge in [0.2, 0.25) is 5.91 Å². The summed E-state index contributed by atoms with van der Waals surface area (Å²) in [5.74, 6) is 0.694. The number of carbonyl (C=O) groups is 1. The van der Waals surface area contributed by atoms with Crippen LogP contribution in [-0.4, -0.2) is 16.6 Å². The molecule has 0 fully saturated rings. The zero-order chi connectivity index (χ0) is 14.1. The number of aryl methyl sites for hydroxylation is 1.